The number of carbonyl (C=O) groups is 2. The number of unbranched alkanes of at least 4 members (excludes halogenated alkanes) is 2. The van der Waals surface area contributed by atoms with Gasteiger partial charge in [-0.05, 0) is 17.9 Å². The quantitative estimate of drug-likeness (QED) is 0.501. The third-order valence-corrected chi connectivity index (χ3v) is 5.27. The standard InChI is InChI=1S/C17H22N2O3S2/c1-3-4-5-8-19(16(20)10-13-7-6-9-23-13)11-15-18-14(12-24-15)17(21)22-2/h6-7,9,12H,3-5,8,10-11H2,1-2H3. The molecule has 5 nitrogen and oxygen atoms in total. The van der Waals surface area contributed by atoms with Gasteiger partial charge in [0.15, 0.2) is 5.69 Å². The van der Waals surface area contributed by atoms with Crippen molar-refractivity contribution in [2.24, 2.45) is 0 Å². The maximum atomic E-state index is 12.6. The number of nitrogens with zero attached hydrogens (tertiary/aromatic N) is 2. The molecule has 0 saturated carbocycles. The lowest BCUT2D eigenvalue weighted by atomic mass is 10.2. The molecule has 0 aliphatic carbocycles. The molecule has 0 aliphatic rings. The first kappa shape index (κ1) is 18.6. The molecule has 0 saturated heterocycles. The Hall–Kier alpha value is -1.73. The maximum Gasteiger partial charge on any atom is 0.357 e. The summed E-state index contributed by atoms with van der Waals surface area (Å²) in [5.41, 5.74) is 0.303. The number of methoxy groups -OCH3 is 1. The summed E-state index contributed by atoms with van der Waals surface area (Å²) in [5, 5.41) is 4.41. The fourth-order valence-corrected chi connectivity index (χ4v) is 3.74. The van der Waals surface area contributed by atoms with Gasteiger partial charge in [-0.25, -0.2) is 9.78 Å². The number of hydrogen-bond donors (Lipinski definition) is 0. The van der Waals surface area contributed by atoms with Gasteiger partial charge in [-0.2, -0.15) is 0 Å². The van der Waals surface area contributed by atoms with E-state index in [0.29, 0.717) is 25.2 Å². The fourth-order valence-electron chi connectivity index (χ4n) is 2.26. The molecule has 1 amide bonds. The fraction of sp³-hybridized carbons (Fsp3) is 0.471. The van der Waals surface area contributed by atoms with Crippen LogP contribution in [0.1, 0.15) is 46.6 Å². The van der Waals surface area contributed by atoms with Gasteiger partial charge in [0, 0.05) is 16.8 Å². The number of carbonyl (C=O) groups excluding carboxylic acids is 2. The minimum absolute atomic E-state index is 0.100. The Morgan fingerprint density at radius 1 is 1.29 bits per heavy atom. The van der Waals surface area contributed by atoms with Crippen molar-refractivity contribution in [3.8, 4) is 0 Å². The molecule has 7 heteroatoms. The largest absolute Gasteiger partial charge is 0.464 e. The summed E-state index contributed by atoms with van der Waals surface area (Å²) in [6, 6.07) is 3.93. The number of rotatable bonds is 9. The van der Waals surface area contributed by atoms with Crippen LogP contribution in [0.25, 0.3) is 0 Å². The summed E-state index contributed by atoms with van der Waals surface area (Å²) in [5.74, 6) is -0.344. The third-order valence-electron chi connectivity index (χ3n) is 3.56. The number of ether oxygens (including phenoxy) is 1. The lowest BCUT2D eigenvalue weighted by Gasteiger charge is -2.21. The van der Waals surface area contributed by atoms with E-state index in [4.69, 9.17) is 0 Å². The molecule has 0 N–H and O–H groups in total. The SMILES string of the molecule is CCCCCN(Cc1nc(C(=O)OC)cs1)C(=O)Cc1cccs1. The van der Waals surface area contributed by atoms with E-state index < -0.39 is 5.97 Å². The zero-order valence-electron chi connectivity index (χ0n) is 14.0. The van der Waals surface area contributed by atoms with Crippen molar-refractivity contribution in [3.05, 3.63) is 38.5 Å². The van der Waals surface area contributed by atoms with Gasteiger partial charge in [0.2, 0.25) is 5.91 Å². The van der Waals surface area contributed by atoms with E-state index in [-0.39, 0.29) is 5.91 Å². The van der Waals surface area contributed by atoms with E-state index in [2.05, 4.69) is 16.6 Å². The van der Waals surface area contributed by atoms with E-state index in [9.17, 15) is 9.59 Å². The zero-order chi connectivity index (χ0) is 17.4. The smallest absolute Gasteiger partial charge is 0.357 e. The van der Waals surface area contributed by atoms with Crippen LogP contribution in [-0.2, 0) is 22.5 Å². The molecule has 2 aromatic heterocycles. The van der Waals surface area contributed by atoms with Crippen molar-refractivity contribution in [3.63, 3.8) is 0 Å². The maximum absolute atomic E-state index is 12.6. The molecule has 2 rings (SSSR count). The lowest BCUT2D eigenvalue weighted by molar-refractivity contribution is -0.131. The number of amides is 1. The number of aromatic nitrogens is 1. The molecule has 0 atom stereocenters. The van der Waals surface area contributed by atoms with Gasteiger partial charge >= 0.3 is 5.97 Å². The Bertz CT molecular complexity index is 653. The van der Waals surface area contributed by atoms with Gasteiger partial charge in [0.25, 0.3) is 0 Å². The first-order valence-corrected chi connectivity index (χ1v) is 9.72. The number of thiazole rings is 1. The molecule has 0 radical (unpaired) electrons. The first-order valence-electron chi connectivity index (χ1n) is 7.97. The van der Waals surface area contributed by atoms with Crippen LogP contribution in [-0.4, -0.2) is 35.4 Å². The van der Waals surface area contributed by atoms with Gasteiger partial charge in [0.05, 0.1) is 20.1 Å². The second-order valence-electron chi connectivity index (χ2n) is 5.40. The average molecular weight is 367 g/mol. The van der Waals surface area contributed by atoms with Crippen LogP contribution >= 0.6 is 22.7 Å². The molecule has 2 aromatic rings. The van der Waals surface area contributed by atoms with Crippen molar-refractivity contribution < 1.29 is 14.3 Å². The highest BCUT2D eigenvalue weighted by Gasteiger charge is 2.18. The lowest BCUT2D eigenvalue weighted by Crippen LogP contribution is -2.32. The van der Waals surface area contributed by atoms with Crippen molar-refractivity contribution in [1.82, 2.24) is 9.88 Å². The topological polar surface area (TPSA) is 59.5 Å². The van der Waals surface area contributed by atoms with Crippen LogP contribution < -0.4 is 0 Å². The van der Waals surface area contributed by atoms with Crippen molar-refractivity contribution >= 4 is 34.6 Å². The van der Waals surface area contributed by atoms with Gasteiger partial charge in [-0.15, -0.1) is 22.7 Å². The van der Waals surface area contributed by atoms with Gasteiger partial charge in [-0.3, -0.25) is 4.79 Å². The summed E-state index contributed by atoms with van der Waals surface area (Å²) < 4.78 is 4.68. The van der Waals surface area contributed by atoms with E-state index in [1.165, 1.54) is 18.4 Å². The molecule has 2 heterocycles. The molecular weight excluding hydrogens is 344 g/mol. The summed E-state index contributed by atoms with van der Waals surface area (Å²) in [6.45, 7) is 3.29. The molecule has 0 unspecified atom stereocenters. The number of thiophene rings is 1. The third kappa shape index (κ3) is 5.42. The van der Waals surface area contributed by atoms with Gasteiger partial charge in [0.1, 0.15) is 5.01 Å². The Labute approximate surface area is 150 Å². The van der Waals surface area contributed by atoms with Crippen molar-refractivity contribution in [1.29, 1.82) is 0 Å². The van der Waals surface area contributed by atoms with Gasteiger partial charge < -0.3 is 9.64 Å². The Morgan fingerprint density at radius 2 is 2.12 bits per heavy atom. The number of hydrogen-bond acceptors (Lipinski definition) is 6. The van der Waals surface area contributed by atoms with Crippen LogP contribution in [0.2, 0.25) is 0 Å². The highest BCUT2D eigenvalue weighted by molar-refractivity contribution is 7.10. The Balaban J connectivity index is 2.03. The Kier molecular flexibility index (Phi) is 7.39. The van der Waals surface area contributed by atoms with E-state index >= 15 is 0 Å². The minimum Gasteiger partial charge on any atom is -0.464 e. The van der Waals surface area contributed by atoms with E-state index in [0.717, 1.165) is 29.1 Å². The van der Waals surface area contributed by atoms with Crippen LogP contribution in [0.15, 0.2) is 22.9 Å². The minimum atomic E-state index is -0.444. The first-order chi connectivity index (χ1) is 11.6. The monoisotopic (exact) mass is 366 g/mol. The van der Waals surface area contributed by atoms with Crippen molar-refractivity contribution in [2.45, 2.75) is 39.2 Å². The molecular formula is C17H22N2O3S2. The van der Waals surface area contributed by atoms with Gasteiger partial charge in [-0.1, -0.05) is 25.8 Å². The molecule has 0 bridgehead atoms. The molecule has 130 valence electrons. The van der Waals surface area contributed by atoms with E-state index in [1.807, 2.05) is 22.4 Å². The highest BCUT2D eigenvalue weighted by Crippen LogP contribution is 2.16. The van der Waals surface area contributed by atoms with Crippen LogP contribution in [0.5, 0.6) is 0 Å². The van der Waals surface area contributed by atoms with Crippen LogP contribution in [0.3, 0.4) is 0 Å². The second kappa shape index (κ2) is 9.54. The molecule has 0 spiro atoms. The number of esters is 1. The predicted molar refractivity (Wildman–Crippen MR) is 96.4 cm³/mol. The summed E-state index contributed by atoms with van der Waals surface area (Å²) in [4.78, 5) is 31.3. The second-order valence-corrected chi connectivity index (χ2v) is 7.37. The zero-order valence-corrected chi connectivity index (χ0v) is 15.6. The normalized spacial score (nSPS) is 10.6. The average Bonchev–Trinajstić information content (AvgIpc) is 3.25. The van der Waals surface area contributed by atoms with E-state index in [1.54, 1.807) is 16.7 Å². The van der Waals surface area contributed by atoms with Crippen molar-refractivity contribution in [2.75, 3.05) is 13.7 Å². The molecule has 0 aliphatic heterocycles. The predicted octanol–water partition coefficient (Wildman–Crippen LogP) is 3.75. The highest BCUT2D eigenvalue weighted by atomic mass is 32.1. The van der Waals surface area contributed by atoms with Crippen LogP contribution in [0.4, 0.5) is 0 Å². The Morgan fingerprint density at radius 3 is 2.79 bits per heavy atom. The van der Waals surface area contributed by atoms with Crippen LogP contribution in [0, 0.1) is 0 Å². The molecule has 0 fully saturated rings. The molecule has 24 heavy (non-hydrogen) atoms. The summed E-state index contributed by atoms with van der Waals surface area (Å²) in [7, 11) is 1.34. The summed E-state index contributed by atoms with van der Waals surface area (Å²) in [6.07, 6.45) is 3.59. The molecule has 0 aromatic carbocycles. The summed E-state index contributed by atoms with van der Waals surface area (Å²) >= 11 is 2.98.